The number of thiophene rings is 1. The van der Waals surface area contributed by atoms with Gasteiger partial charge in [0.2, 0.25) is 0 Å². The number of carbonyl (C=O) groups is 5. The molecule has 2 heterocycles. The number of ether oxygens (including phenoxy) is 2. The number of aromatic carboxylic acids is 1. The molecule has 0 fully saturated rings. The molecule has 12 heteroatoms. The molecule has 1 aliphatic heterocycles. The van der Waals surface area contributed by atoms with Gasteiger partial charge < -0.3 is 30.3 Å². The van der Waals surface area contributed by atoms with E-state index in [1.54, 1.807) is 0 Å². The topological polar surface area (TPSA) is 168 Å². The van der Waals surface area contributed by atoms with Crippen molar-refractivity contribution in [2.75, 3.05) is 11.9 Å². The molecular weight excluding hydrogens is 444 g/mol. The number of amides is 2. The second kappa shape index (κ2) is 9.58. The average Bonchev–Trinajstić information content (AvgIpc) is 3.09. The van der Waals surface area contributed by atoms with Crippen LogP contribution in [0, 0.1) is 0 Å². The van der Waals surface area contributed by atoms with Crippen LogP contribution in [0.15, 0.2) is 24.3 Å². The van der Waals surface area contributed by atoms with Crippen molar-refractivity contribution in [2.24, 2.45) is 0 Å². The number of carbonyl (C=O) groups excluding carboxylic acids is 3. The highest BCUT2D eigenvalue weighted by atomic mass is 32.1. The van der Waals surface area contributed by atoms with Gasteiger partial charge in [-0.2, -0.15) is 0 Å². The number of carboxylic acids is 2. The molecular formula is C20H18N2O9S. The van der Waals surface area contributed by atoms with E-state index in [1.807, 2.05) is 0 Å². The van der Waals surface area contributed by atoms with Gasteiger partial charge in [-0.25, -0.2) is 9.59 Å². The van der Waals surface area contributed by atoms with E-state index < -0.39 is 35.8 Å². The smallest absolute Gasteiger partial charge is 0.394 e. The number of anilines is 1. The maximum atomic E-state index is 12.4. The lowest BCUT2D eigenvalue weighted by Crippen LogP contribution is -2.36. The number of aliphatic carboxylic acids is 1. The maximum absolute atomic E-state index is 12.4. The Morgan fingerprint density at radius 3 is 2.44 bits per heavy atom. The minimum absolute atomic E-state index is 0.0564. The number of esters is 1. The van der Waals surface area contributed by atoms with Crippen molar-refractivity contribution >= 4 is 46.1 Å². The molecule has 0 radical (unpaired) electrons. The van der Waals surface area contributed by atoms with Crippen molar-refractivity contribution < 1.29 is 43.7 Å². The highest BCUT2D eigenvalue weighted by molar-refractivity contribution is 7.17. The van der Waals surface area contributed by atoms with Gasteiger partial charge >= 0.3 is 23.8 Å². The normalized spacial score (nSPS) is 14.7. The first-order chi connectivity index (χ1) is 15.2. The SMILES string of the molecule is CC(=O)Oc1ccc(C(=O)NCC2Cc3c(sc(NC(=O)C(=O)O)c3C(=O)O)CO2)cc1. The highest BCUT2D eigenvalue weighted by Gasteiger charge is 2.31. The van der Waals surface area contributed by atoms with Crippen LogP contribution >= 0.6 is 11.3 Å². The van der Waals surface area contributed by atoms with E-state index in [0.717, 1.165) is 11.3 Å². The maximum Gasteiger partial charge on any atom is 0.394 e. The molecule has 0 bridgehead atoms. The molecule has 4 N–H and O–H groups in total. The van der Waals surface area contributed by atoms with E-state index >= 15 is 0 Å². The highest BCUT2D eigenvalue weighted by Crippen LogP contribution is 2.37. The Morgan fingerprint density at radius 1 is 1.16 bits per heavy atom. The summed E-state index contributed by atoms with van der Waals surface area (Å²) < 4.78 is 10.6. The summed E-state index contributed by atoms with van der Waals surface area (Å²) in [5, 5.41) is 23.0. The summed E-state index contributed by atoms with van der Waals surface area (Å²) >= 11 is 0.940. The summed E-state index contributed by atoms with van der Waals surface area (Å²) in [6, 6.07) is 5.95. The third-order valence-corrected chi connectivity index (χ3v) is 5.60. The zero-order valence-corrected chi connectivity index (χ0v) is 17.5. The molecule has 0 spiro atoms. The van der Waals surface area contributed by atoms with Gasteiger partial charge in [-0.15, -0.1) is 11.3 Å². The summed E-state index contributed by atoms with van der Waals surface area (Å²) in [7, 11) is 0. The molecule has 32 heavy (non-hydrogen) atoms. The number of benzene rings is 1. The largest absolute Gasteiger partial charge is 0.478 e. The van der Waals surface area contributed by atoms with Crippen molar-refractivity contribution in [2.45, 2.75) is 26.1 Å². The predicted molar refractivity (Wildman–Crippen MR) is 110 cm³/mol. The molecule has 168 valence electrons. The Bertz CT molecular complexity index is 1090. The Hall–Kier alpha value is -3.77. The number of hydrogen-bond donors (Lipinski definition) is 4. The van der Waals surface area contributed by atoms with Gasteiger partial charge in [-0.3, -0.25) is 14.4 Å². The van der Waals surface area contributed by atoms with Crippen LogP contribution in [-0.2, 0) is 32.1 Å². The molecule has 1 aliphatic rings. The first-order valence-corrected chi connectivity index (χ1v) is 10.1. The van der Waals surface area contributed by atoms with E-state index in [1.165, 1.54) is 31.2 Å². The number of rotatable bonds is 6. The van der Waals surface area contributed by atoms with Crippen LogP contribution < -0.4 is 15.4 Å². The minimum atomic E-state index is -1.73. The number of hydrogen-bond acceptors (Lipinski definition) is 8. The van der Waals surface area contributed by atoms with Crippen LogP contribution in [0.1, 0.15) is 38.1 Å². The van der Waals surface area contributed by atoms with Crippen molar-refractivity contribution in [3.05, 3.63) is 45.8 Å². The van der Waals surface area contributed by atoms with E-state index in [9.17, 15) is 29.1 Å². The third kappa shape index (κ3) is 5.28. The molecule has 3 rings (SSSR count). The van der Waals surface area contributed by atoms with E-state index in [-0.39, 0.29) is 30.1 Å². The van der Waals surface area contributed by atoms with Crippen molar-refractivity contribution in [1.29, 1.82) is 0 Å². The summed E-state index contributed by atoms with van der Waals surface area (Å²) in [4.78, 5) is 57.8. The summed E-state index contributed by atoms with van der Waals surface area (Å²) in [5.74, 6) is -4.94. The lowest BCUT2D eigenvalue weighted by Gasteiger charge is -2.23. The van der Waals surface area contributed by atoms with Gasteiger partial charge in [0.05, 0.1) is 18.3 Å². The molecule has 1 aromatic heterocycles. The summed E-state index contributed by atoms with van der Waals surface area (Å²) in [6.45, 7) is 1.42. The van der Waals surface area contributed by atoms with Crippen LogP contribution in [0.3, 0.4) is 0 Å². The lowest BCUT2D eigenvalue weighted by atomic mass is 10.0. The fourth-order valence-corrected chi connectivity index (χ4v) is 4.21. The van der Waals surface area contributed by atoms with Crippen molar-refractivity contribution in [3.63, 3.8) is 0 Å². The molecule has 0 saturated heterocycles. The minimum Gasteiger partial charge on any atom is -0.478 e. The standard InChI is InChI=1S/C20H18N2O9S/c1-9(23)31-11-4-2-10(3-5-11)16(24)21-7-12-6-13-14(8-30-12)32-18(15(13)19(26)27)22-17(25)20(28)29/h2-5,12H,6-8H2,1H3,(H,21,24)(H,22,25)(H,26,27)(H,28,29). The predicted octanol–water partition coefficient (Wildman–Crippen LogP) is 1.27. The Balaban J connectivity index is 1.66. The van der Waals surface area contributed by atoms with Crippen LogP contribution in [0.2, 0.25) is 0 Å². The van der Waals surface area contributed by atoms with Crippen LogP contribution in [0.4, 0.5) is 5.00 Å². The molecule has 2 aromatic rings. The quantitative estimate of drug-likeness (QED) is 0.280. The average molecular weight is 462 g/mol. The van der Waals surface area contributed by atoms with Crippen molar-refractivity contribution in [1.82, 2.24) is 5.32 Å². The lowest BCUT2D eigenvalue weighted by molar-refractivity contribution is -0.147. The Labute approximate surface area is 184 Å². The molecule has 0 aliphatic carbocycles. The molecule has 0 saturated carbocycles. The van der Waals surface area contributed by atoms with Gasteiger partial charge in [0.15, 0.2) is 0 Å². The molecule has 2 amide bonds. The second-order valence-corrected chi connectivity index (χ2v) is 7.84. The van der Waals surface area contributed by atoms with Crippen LogP contribution in [0.25, 0.3) is 0 Å². The number of nitrogens with one attached hydrogen (secondary N) is 2. The Morgan fingerprint density at radius 2 is 1.84 bits per heavy atom. The molecule has 1 unspecified atom stereocenters. The first kappa shape index (κ1) is 22.9. The summed E-state index contributed by atoms with van der Waals surface area (Å²) in [5.41, 5.74) is 0.581. The van der Waals surface area contributed by atoms with Gasteiger partial charge in [0.1, 0.15) is 10.8 Å². The fraction of sp³-hybridized carbons (Fsp3) is 0.250. The van der Waals surface area contributed by atoms with Crippen molar-refractivity contribution in [3.8, 4) is 5.75 Å². The molecule has 1 aromatic carbocycles. The second-order valence-electron chi connectivity index (χ2n) is 6.74. The van der Waals surface area contributed by atoms with Crippen LogP contribution in [0.5, 0.6) is 5.75 Å². The fourth-order valence-electron chi connectivity index (χ4n) is 3.08. The zero-order valence-electron chi connectivity index (χ0n) is 16.7. The number of fused-ring (bicyclic) bond motifs is 1. The zero-order chi connectivity index (χ0) is 23.4. The van der Waals surface area contributed by atoms with Gasteiger partial charge in [0.25, 0.3) is 5.91 Å². The van der Waals surface area contributed by atoms with Crippen LogP contribution in [-0.4, -0.2) is 52.6 Å². The van der Waals surface area contributed by atoms with E-state index in [2.05, 4.69) is 10.6 Å². The van der Waals surface area contributed by atoms with E-state index in [0.29, 0.717) is 21.8 Å². The Kier molecular flexibility index (Phi) is 6.85. The first-order valence-electron chi connectivity index (χ1n) is 9.26. The third-order valence-electron chi connectivity index (χ3n) is 4.48. The monoisotopic (exact) mass is 462 g/mol. The van der Waals surface area contributed by atoms with E-state index in [4.69, 9.17) is 14.6 Å². The number of carboxylic acid groups (broad SMARTS) is 2. The molecule has 11 nitrogen and oxygen atoms in total. The molecule has 1 atom stereocenters. The summed E-state index contributed by atoms with van der Waals surface area (Å²) in [6.07, 6.45) is -0.371. The van der Waals surface area contributed by atoms with Gasteiger partial charge in [-0.1, -0.05) is 0 Å². The van der Waals surface area contributed by atoms with Gasteiger partial charge in [-0.05, 0) is 29.8 Å². The van der Waals surface area contributed by atoms with Gasteiger partial charge in [0, 0.05) is 30.3 Å².